The number of aliphatic hydroxyl groups is 1. The van der Waals surface area contributed by atoms with E-state index in [0.717, 1.165) is 25.1 Å². The second-order valence-electron chi connectivity index (χ2n) is 12.2. The highest BCUT2D eigenvalue weighted by molar-refractivity contribution is 5.96. The molecule has 2 atom stereocenters. The lowest BCUT2D eigenvalue weighted by Crippen LogP contribution is -2.41. The van der Waals surface area contributed by atoms with Crippen molar-refractivity contribution in [3.63, 3.8) is 0 Å². The highest BCUT2D eigenvalue weighted by Gasteiger charge is 2.45. The van der Waals surface area contributed by atoms with E-state index in [1.807, 2.05) is 0 Å². The van der Waals surface area contributed by atoms with Crippen molar-refractivity contribution in [2.24, 2.45) is 5.73 Å². The Labute approximate surface area is 266 Å². The van der Waals surface area contributed by atoms with Gasteiger partial charge in [0.25, 0.3) is 5.91 Å². The summed E-state index contributed by atoms with van der Waals surface area (Å²) in [7, 11) is 0. The number of halogens is 4. The number of rotatable bonds is 9. The Morgan fingerprint density at radius 3 is 2.47 bits per heavy atom. The van der Waals surface area contributed by atoms with E-state index < -0.39 is 40.4 Å². The molecule has 244 valence electrons. The molecule has 0 spiro atoms. The third-order valence-corrected chi connectivity index (χ3v) is 8.32. The third-order valence-electron chi connectivity index (χ3n) is 8.32. The number of hydrogen-bond donors (Lipinski definition) is 3. The van der Waals surface area contributed by atoms with E-state index in [0.29, 0.717) is 16.9 Å². The average molecular weight is 651 g/mol. The second kappa shape index (κ2) is 11.6. The standard InChI is InChI=1S/C34H30F4N4O5/c1-32(31(39)44)17-46-29-25(32)13-27(42-28(29)18-3-6-22(35)7-4-18)33(2,45)16-41-30(43)19-5-10-26(47-23-8-9-23)24(12-19)20-11-21(15-40-14-20)34(36,37)38/h3-7,10-15,23,45H,8-9,16-17H2,1-2H3,(H2,39,44)(H,41,43)/t32-,33-/m0/s1. The molecule has 0 bridgehead atoms. The Balaban J connectivity index is 1.31. The Hall–Kier alpha value is -5.04. The summed E-state index contributed by atoms with van der Waals surface area (Å²) in [4.78, 5) is 34.2. The van der Waals surface area contributed by atoms with E-state index in [1.54, 1.807) is 6.92 Å². The van der Waals surface area contributed by atoms with Gasteiger partial charge in [-0.1, -0.05) is 0 Å². The van der Waals surface area contributed by atoms with Gasteiger partial charge in [-0.05, 0) is 81.3 Å². The zero-order valence-corrected chi connectivity index (χ0v) is 25.3. The first-order chi connectivity index (χ1) is 22.2. The van der Waals surface area contributed by atoms with Crippen LogP contribution in [0.25, 0.3) is 22.4 Å². The smallest absolute Gasteiger partial charge is 0.417 e. The molecule has 47 heavy (non-hydrogen) atoms. The largest absolute Gasteiger partial charge is 0.490 e. The topological polar surface area (TPSA) is 137 Å². The van der Waals surface area contributed by atoms with Crippen LogP contribution in [0, 0.1) is 5.82 Å². The molecule has 2 aromatic carbocycles. The number of fused-ring (bicyclic) bond motifs is 1. The number of carbonyl (C=O) groups excluding carboxylic acids is 2. The number of amides is 2. The first-order valence-electron chi connectivity index (χ1n) is 14.7. The minimum Gasteiger partial charge on any atom is -0.490 e. The van der Waals surface area contributed by atoms with Crippen LogP contribution in [0.2, 0.25) is 0 Å². The number of carbonyl (C=O) groups is 2. The molecule has 1 aliphatic carbocycles. The van der Waals surface area contributed by atoms with Crippen molar-refractivity contribution in [3.05, 3.63) is 95.2 Å². The molecule has 4 aromatic rings. The summed E-state index contributed by atoms with van der Waals surface area (Å²) in [5.41, 5.74) is 3.37. The van der Waals surface area contributed by atoms with Crippen molar-refractivity contribution in [2.75, 3.05) is 13.2 Å². The molecule has 6 rings (SSSR count). The van der Waals surface area contributed by atoms with Gasteiger partial charge in [-0.15, -0.1) is 0 Å². The molecule has 2 aliphatic rings. The Morgan fingerprint density at radius 2 is 1.81 bits per heavy atom. The lowest BCUT2D eigenvalue weighted by Gasteiger charge is -2.26. The Bertz CT molecular complexity index is 1880. The van der Waals surface area contributed by atoms with Gasteiger partial charge in [-0.25, -0.2) is 9.37 Å². The predicted molar refractivity (Wildman–Crippen MR) is 162 cm³/mol. The third kappa shape index (κ3) is 6.35. The molecule has 0 unspecified atom stereocenters. The van der Waals surface area contributed by atoms with Crippen molar-refractivity contribution in [1.29, 1.82) is 0 Å². The van der Waals surface area contributed by atoms with Gasteiger partial charge in [0.15, 0.2) is 0 Å². The first-order valence-corrected chi connectivity index (χ1v) is 14.7. The molecule has 3 heterocycles. The molecule has 9 nitrogen and oxygen atoms in total. The number of alkyl halides is 3. The number of aromatic nitrogens is 2. The summed E-state index contributed by atoms with van der Waals surface area (Å²) in [6, 6.07) is 12.3. The quantitative estimate of drug-likeness (QED) is 0.210. The maximum atomic E-state index is 13.7. The zero-order valence-electron chi connectivity index (χ0n) is 25.3. The molecule has 2 amide bonds. The molecule has 13 heteroatoms. The summed E-state index contributed by atoms with van der Waals surface area (Å²) < 4.78 is 65.8. The fourth-order valence-corrected chi connectivity index (χ4v) is 5.22. The fraction of sp³-hybridized carbons (Fsp3) is 0.294. The Morgan fingerprint density at radius 1 is 1.09 bits per heavy atom. The number of hydrogen-bond acceptors (Lipinski definition) is 7. The molecule has 2 aromatic heterocycles. The van der Waals surface area contributed by atoms with Gasteiger partial charge < -0.3 is 25.6 Å². The van der Waals surface area contributed by atoms with Crippen molar-refractivity contribution in [3.8, 4) is 33.9 Å². The highest BCUT2D eigenvalue weighted by atomic mass is 19.4. The van der Waals surface area contributed by atoms with Crippen LogP contribution in [-0.4, -0.2) is 46.1 Å². The van der Waals surface area contributed by atoms with Crippen LogP contribution in [0.3, 0.4) is 0 Å². The summed E-state index contributed by atoms with van der Waals surface area (Å²) in [5, 5.41) is 14.3. The van der Waals surface area contributed by atoms with Gasteiger partial charge in [0.1, 0.15) is 40.6 Å². The van der Waals surface area contributed by atoms with E-state index in [4.69, 9.17) is 15.2 Å². The van der Waals surface area contributed by atoms with Crippen LogP contribution < -0.4 is 20.5 Å². The van der Waals surface area contributed by atoms with Gasteiger partial charge in [-0.2, -0.15) is 13.2 Å². The summed E-state index contributed by atoms with van der Waals surface area (Å²) in [6.07, 6.45) is -1.09. The summed E-state index contributed by atoms with van der Waals surface area (Å²) in [6.45, 7) is 2.60. The minimum atomic E-state index is -4.62. The molecular formula is C34H30F4N4O5. The van der Waals surface area contributed by atoms with E-state index >= 15 is 0 Å². The number of nitrogens with two attached hydrogens (primary N) is 1. The van der Waals surface area contributed by atoms with Crippen LogP contribution in [-0.2, 0) is 22.0 Å². The number of primary amides is 1. The summed E-state index contributed by atoms with van der Waals surface area (Å²) >= 11 is 0. The van der Waals surface area contributed by atoms with E-state index in [2.05, 4.69) is 15.3 Å². The van der Waals surface area contributed by atoms with E-state index in [9.17, 15) is 32.3 Å². The van der Waals surface area contributed by atoms with Crippen LogP contribution in [0.5, 0.6) is 11.5 Å². The maximum absolute atomic E-state index is 13.7. The molecular weight excluding hydrogens is 620 g/mol. The van der Waals surface area contributed by atoms with Gasteiger partial charge in [0, 0.05) is 40.2 Å². The molecule has 1 aliphatic heterocycles. The van der Waals surface area contributed by atoms with Gasteiger partial charge in [0.2, 0.25) is 5.91 Å². The number of ether oxygens (including phenoxy) is 2. The van der Waals surface area contributed by atoms with Crippen molar-refractivity contribution in [2.45, 2.75) is 50.0 Å². The average Bonchev–Trinajstić information content (AvgIpc) is 3.79. The molecule has 0 radical (unpaired) electrons. The van der Waals surface area contributed by atoms with E-state index in [-0.39, 0.29) is 53.1 Å². The van der Waals surface area contributed by atoms with Crippen LogP contribution >= 0.6 is 0 Å². The van der Waals surface area contributed by atoms with Gasteiger partial charge in [0.05, 0.1) is 23.9 Å². The number of pyridine rings is 2. The van der Waals surface area contributed by atoms with Gasteiger partial charge in [-0.3, -0.25) is 14.6 Å². The van der Waals surface area contributed by atoms with E-state index in [1.165, 1.54) is 61.7 Å². The SMILES string of the molecule is C[C@](O)(CNC(=O)c1ccc(OC2CC2)c(-c2cncc(C(F)(F)F)c2)c1)c1cc2c(c(-c3ccc(F)cc3)n1)OC[C@]2(C)C(N)=O. The minimum absolute atomic E-state index is 0.0660. The predicted octanol–water partition coefficient (Wildman–Crippen LogP) is 5.28. The summed E-state index contributed by atoms with van der Waals surface area (Å²) in [5.74, 6) is -1.18. The van der Waals surface area contributed by atoms with Gasteiger partial charge >= 0.3 is 6.18 Å². The van der Waals surface area contributed by atoms with Crippen molar-refractivity contribution >= 4 is 11.8 Å². The molecule has 1 saturated carbocycles. The lowest BCUT2D eigenvalue weighted by atomic mass is 9.82. The van der Waals surface area contributed by atoms with Crippen LogP contribution in [0.15, 0.2) is 67.0 Å². The maximum Gasteiger partial charge on any atom is 0.417 e. The second-order valence-corrected chi connectivity index (χ2v) is 12.2. The normalized spacial score (nSPS) is 18.5. The Kier molecular flexibility index (Phi) is 7.91. The zero-order chi connectivity index (χ0) is 33.7. The number of benzene rings is 2. The molecule has 1 fully saturated rings. The van der Waals surface area contributed by atoms with Crippen molar-refractivity contribution < 1.29 is 41.7 Å². The molecule has 0 saturated heterocycles. The fourth-order valence-electron chi connectivity index (χ4n) is 5.22. The lowest BCUT2D eigenvalue weighted by molar-refractivity contribution is -0.137. The van der Waals surface area contributed by atoms with Crippen molar-refractivity contribution in [1.82, 2.24) is 15.3 Å². The van der Waals surface area contributed by atoms with Crippen LogP contribution in [0.1, 0.15) is 53.9 Å². The van der Waals surface area contributed by atoms with Crippen LogP contribution in [0.4, 0.5) is 17.6 Å². The molecule has 4 N–H and O–H groups in total. The highest BCUT2D eigenvalue weighted by Crippen LogP contribution is 2.45. The number of nitrogens with one attached hydrogen (secondary N) is 1. The number of nitrogens with zero attached hydrogens (tertiary/aromatic N) is 2. The first kappa shape index (κ1) is 31.9. The monoisotopic (exact) mass is 650 g/mol.